The van der Waals surface area contributed by atoms with Crippen molar-refractivity contribution in [1.82, 2.24) is 9.78 Å². The molecule has 0 saturated heterocycles. The first-order chi connectivity index (χ1) is 14.8. The van der Waals surface area contributed by atoms with Crippen molar-refractivity contribution in [1.29, 1.82) is 0 Å². The molecule has 0 spiro atoms. The first-order valence-electron chi connectivity index (χ1n) is 9.18. The fraction of sp³-hybridized carbons (Fsp3) is 0.0455. The molecule has 31 heavy (non-hydrogen) atoms. The summed E-state index contributed by atoms with van der Waals surface area (Å²) >= 11 is 6.29. The first-order valence-corrected chi connectivity index (χ1v) is 11.0. The summed E-state index contributed by atoms with van der Waals surface area (Å²) in [6.45, 7) is 1.88. The fourth-order valence-corrected chi connectivity index (χ4v) is 4.07. The van der Waals surface area contributed by atoms with E-state index in [1.807, 2.05) is 6.92 Å². The summed E-state index contributed by atoms with van der Waals surface area (Å²) in [5.74, 6) is 0.412. The lowest BCUT2D eigenvalue weighted by molar-refractivity contribution is 0.483. The number of benzene rings is 3. The summed E-state index contributed by atoms with van der Waals surface area (Å²) in [5, 5.41) is 4.40. The lowest BCUT2D eigenvalue weighted by Crippen LogP contribution is -2.12. The molecule has 9 heteroatoms. The minimum absolute atomic E-state index is 0.155. The van der Waals surface area contributed by atoms with Gasteiger partial charge in [-0.05, 0) is 61.5 Å². The van der Waals surface area contributed by atoms with Gasteiger partial charge in [-0.15, -0.1) is 0 Å². The van der Waals surface area contributed by atoms with Gasteiger partial charge >= 0.3 is 0 Å². The Balaban J connectivity index is 1.49. The van der Waals surface area contributed by atoms with Gasteiger partial charge in [-0.2, -0.15) is 5.10 Å². The number of nitrogens with zero attached hydrogens (tertiary/aromatic N) is 2. The van der Waals surface area contributed by atoms with Crippen LogP contribution in [0.3, 0.4) is 0 Å². The van der Waals surface area contributed by atoms with Gasteiger partial charge in [-0.1, -0.05) is 29.3 Å². The van der Waals surface area contributed by atoms with Gasteiger partial charge in [0.05, 0.1) is 33.7 Å². The molecule has 0 bridgehead atoms. The van der Waals surface area contributed by atoms with Crippen LogP contribution in [0, 0.1) is 12.7 Å². The molecular formula is C22H17ClFN3O3S. The molecule has 0 aliphatic carbocycles. The van der Waals surface area contributed by atoms with Crippen LogP contribution >= 0.6 is 11.6 Å². The molecule has 6 nitrogen and oxygen atoms in total. The molecule has 3 aromatic carbocycles. The molecular weight excluding hydrogens is 441 g/mol. The number of hydrogen-bond acceptors (Lipinski definition) is 4. The monoisotopic (exact) mass is 457 g/mol. The van der Waals surface area contributed by atoms with Crippen molar-refractivity contribution in [3.63, 3.8) is 0 Å². The molecule has 0 saturated carbocycles. The van der Waals surface area contributed by atoms with E-state index in [2.05, 4.69) is 9.82 Å². The van der Waals surface area contributed by atoms with Gasteiger partial charge in [0, 0.05) is 0 Å². The molecule has 1 heterocycles. The Morgan fingerprint density at radius 2 is 1.74 bits per heavy atom. The third kappa shape index (κ3) is 4.87. The predicted molar refractivity (Wildman–Crippen MR) is 117 cm³/mol. The number of halogens is 2. The standard InChI is InChI=1S/C22H17ClFN3O3S/c1-15-2-9-20(10-3-15)31(28,29)26-17-6-11-22(21(23)12-17)30-19-13-25-27(14-19)18-7-4-16(24)5-8-18/h2-14,26H,1H3. The van der Waals surface area contributed by atoms with Crippen LogP contribution in [0.25, 0.3) is 5.69 Å². The molecule has 0 unspecified atom stereocenters. The predicted octanol–water partition coefficient (Wildman–Crippen LogP) is 5.57. The number of aromatic nitrogens is 2. The minimum Gasteiger partial charge on any atom is -0.452 e. The van der Waals surface area contributed by atoms with E-state index < -0.39 is 10.0 Å². The Kier molecular flexibility index (Phi) is 5.67. The zero-order valence-electron chi connectivity index (χ0n) is 16.3. The third-order valence-electron chi connectivity index (χ3n) is 4.39. The van der Waals surface area contributed by atoms with E-state index in [4.69, 9.17) is 16.3 Å². The smallest absolute Gasteiger partial charge is 0.261 e. The molecule has 0 fully saturated rings. The van der Waals surface area contributed by atoms with E-state index in [1.165, 1.54) is 41.2 Å². The van der Waals surface area contributed by atoms with Gasteiger partial charge in [-0.25, -0.2) is 17.5 Å². The van der Waals surface area contributed by atoms with Crippen LogP contribution in [-0.2, 0) is 10.0 Å². The van der Waals surface area contributed by atoms with Gasteiger partial charge in [0.1, 0.15) is 11.6 Å². The molecule has 4 aromatic rings. The number of nitrogens with one attached hydrogen (secondary N) is 1. The van der Waals surface area contributed by atoms with Crippen LogP contribution < -0.4 is 9.46 Å². The average molecular weight is 458 g/mol. The quantitative estimate of drug-likeness (QED) is 0.411. The van der Waals surface area contributed by atoms with Gasteiger partial charge in [0.2, 0.25) is 0 Å². The summed E-state index contributed by atoms with van der Waals surface area (Å²) in [6.07, 6.45) is 3.12. The Morgan fingerprint density at radius 1 is 1.03 bits per heavy atom. The molecule has 0 aliphatic heterocycles. The van der Waals surface area contributed by atoms with Gasteiger partial charge in [0.15, 0.2) is 5.75 Å². The Morgan fingerprint density at radius 3 is 2.42 bits per heavy atom. The highest BCUT2D eigenvalue weighted by molar-refractivity contribution is 7.92. The number of ether oxygens (including phenoxy) is 1. The molecule has 1 aromatic heterocycles. The molecule has 4 rings (SSSR count). The normalized spacial score (nSPS) is 11.3. The Labute approximate surface area is 183 Å². The van der Waals surface area contributed by atoms with Gasteiger partial charge < -0.3 is 4.74 Å². The number of aryl methyl sites for hydroxylation is 1. The number of hydrogen-bond donors (Lipinski definition) is 1. The number of sulfonamides is 1. The second kappa shape index (κ2) is 8.41. The maximum Gasteiger partial charge on any atom is 0.261 e. The summed E-state index contributed by atoms with van der Waals surface area (Å²) in [6, 6.07) is 17.0. The summed E-state index contributed by atoms with van der Waals surface area (Å²) in [7, 11) is -3.74. The Bertz CT molecular complexity index is 1320. The number of rotatable bonds is 6. The zero-order chi connectivity index (χ0) is 22.0. The lowest BCUT2D eigenvalue weighted by atomic mass is 10.2. The molecule has 0 atom stereocenters. The van der Waals surface area contributed by atoms with E-state index >= 15 is 0 Å². The number of anilines is 1. The minimum atomic E-state index is -3.74. The largest absolute Gasteiger partial charge is 0.452 e. The van der Waals surface area contributed by atoms with E-state index in [0.29, 0.717) is 22.9 Å². The van der Waals surface area contributed by atoms with Gasteiger partial charge in [0.25, 0.3) is 10.0 Å². The van der Waals surface area contributed by atoms with E-state index in [9.17, 15) is 12.8 Å². The van der Waals surface area contributed by atoms with Gasteiger partial charge in [-0.3, -0.25) is 4.72 Å². The second-order valence-electron chi connectivity index (χ2n) is 6.76. The van der Waals surface area contributed by atoms with Crippen molar-refractivity contribution in [3.05, 3.63) is 95.5 Å². The first kappa shape index (κ1) is 20.9. The summed E-state index contributed by atoms with van der Waals surface area (Å²) in [4.78, 5) is 0.155. The van der Waals surface area contributed by atoms with E-state index in [-0.39, 0.29) is 15.7 Å². The Hall–Kier alpha value is -3.36. The molecule has 0 radical (unpaired) electrons. The molecule has 0 aliphatic rings. The van der Waals surface area contributed by atoms with Crippen LogP contribution in [0.1, 0.15) is 5.56 Å². The average Bonchev–Trinajstić information content (AvgIpc) is 3.19. The van der Waals surface area contributed by atoms with Crippen LogP contribution in [-0.4, -0.2) is 18.2 Å². The van der Waals surface area contributed by atoms with E-state index in [1.54, 1.807) is 42.6 Å². The fourth-order valence-electron chi connectivity index (χ4n) is 2.80. The molecule has 158 valence electrons. The molecule has 0 amide bonds. The maximum absolute atomic E-state index is 13.1. The topological polar surface area (TPSA) is 73.2 Å². The van der Waals surface area contributed by atoms with Crippen molar-refractivity contribution in [3.8, 4) is 17.2 Å². The van der Waals surface area contributed by atoms with Crippen molar-refractivity contribution in [2.24, 2.45) is 0 Å². The highest BCUT2D eigenvalue weighted by Gasteiger charge is 2.15. The third-order valence-corrected chi connectivity index (χ3v) is 6.09. The maximum atomic E-state index is 13.1. The highest BCUT2D eigenvalue weighted by atomic mass is 35.5. The van der Waals surface area contributed by atoms with Crippen LogP contribution in [0.2, 0.25) is 5.02 Å². The van der Waals surface area contributed by atoms with E-state index in [0.717, 1.165) is 5.56 Å². The van der Waals surface area contributed by atoms with Crippen molar-refractivity contribution < 1.29 is 17.5 Å². The van der Waals surface area contributed by atoms with Crippen LogP contribution in [0.4, 0.5) is 10.1 Å². The second-order valence-corrected chi connectivity index (χ2v) is 8.85. The highest BCUT2D eigenvalue weighted by Crippen LogP contribution is 2.32. The summed E-state index contributed by atoms with van der Waals surface area (Å²) in [5.41, 5.74) is 1.94. The van der Waals surface area contributed by atoms with Crippen molar-refractivity contribution in [2.75, 3.05) is 4.72 Å². The van der Waals surface area contributed by atoms with Crippen molar-refractivity contribution >= 4 is 27.3 Å². The van der Waals surface area contributed by atoms with Crippen molar-refractivity contribution in [2.45, 2.75) is 11.8 Å². The lowest BCUT2D eigenvalue weighted by Gasteiger charge is -2.11. The van der Waals surface area contributed by atoms with Crippen LogP contribution in [0.15, 0.2) is 84.0 Å². The molecule has 1 N–H and O–H groups in total. The van der Waals surface area contributed by atoms with Crippen LogP contribution in [0.5, 0.6) is 11.5 Å². The SMILES string of the molecule is Cc1ccc(S(=O)(=O)Nc2ccc(Oc3cnn(-c4ccc(F)cc4)c3)c(Cl)c2)cc1. The summed E-state index contributed by atoms with van der Waals surface area (Å²) < 4.78 is 47.9. The zero-order valence-corrected chi connectivity index (χ0v) is 17.9.